The summed E-state index contributed by atoms with van der Waals surface area (Å²) in [5.41, 5.74) is 2.46. The minimum atomic E-state index is -0.284. The van der Waals surface area contributed by atoms with E-state index in [0.717, 1.165) is 11.1 Å². The zero-order valence-electron chi connectivity index (χ0n) is 11.2. The van der Waals surface area contributed by atoms with Crippen LogP contribution in [-0.4, -0.2) is 13.0 Å². The van der Waals surface area contributed by atoms with E-state index in [2.05, 4.69) is 5.32 Å². The average Bonchev–Trinajstić information content (AvgIpc) is 2.47. The Morgan fingerprint density at radius 3 is 2.25 bits per heavy atom. The maximum absolute atomic E-state index is 12.8. The molecule has 0 saturated carbocycles. The van der Waals surface area contributed by atoms with Gasteiger partial charge in [-0.15, -0.1) is 0 Å². The van der Waals surface area contributed by atoms with Gasteiger partial charge in [0.25, 0.3) is 5.91 Å². The molecule has 1 N–H and O–H groups in total. The zero-order valence-corrected chi connectivity index (χ0v) is 11.2. The predicted molar refractivity (Wildman–Crippen MR) is 74.7 cm³/mol. The molecule has 2 rings (SSSR count). The Bertz CT molecular complexity index is 564. The summed E-state index contributed by atoms with van der Waals surface area (Å²) < 4.78 is 17.8. The van der Waals surface area contributed by atoms with Crippen LogP contribution >= 0.6 is 0 Å². The molecule has 0 aliphatic heterocycles. The van der Waals surface area contributed by atoms with Gasteiger partial charge in [-0.3, -0.25) is 4.79 Å². The van der Waals surface area contributed by atoms with Gasteiger partial charge in [0.2, 0.25) is 0 Å². The second-order valence-electron chi connectivity index (χ2n) is 4.44. The molecule has 0 atom stereocenters. The number of carbonyl (C=O) groups excluding carboxylic acids is 1. The van der Waals surface area contributed by atoms with E-state index in [0.29, 0.717) is 18.7 Å². The van der Waals surface area contributed by atoms with E-state index < -0.39 is 0 Å². The molecule has 3 nitrogen and oxygen atoms in total. The Morgan fingerprint density at radius 2 is 1.65 bits per heavy atom. The largest absolute Gasteiger partial charge is 0.380 e. The first-order valence-corrected chi connectivity index (χ1v) is 6.29. The number of amides is 1. The van der Waals surface area contributed by atoms with Gasteiger partial charge in [0.15, 0.2) is 0 Å². The number of methoxy groups -OCH3 is 1. The molecular formula is C16H16FNO2. The SMILES string of the molecule is COCc1ccc(C(=O)NCc2ccc(F)cc2)cc1. The Kier molecular flexibility index (Phi) is 4.85. The monoisotopic (exact) mass is 273 g/mol. The molecular weight excluding hydrogens is 257 g/mol. The van der Waals surface area contributed by atoms with Crippen molar-refractivity contribution in [2.75, 3.05) is 7.11 Å². The summed E-state index contributed by atoms with van der Waals surface area (Å²) in [6.07, 6.45) is 0. The Labute approximate surface area is 117 Å². The molecule has 0 aliphatic carbocycles. The van der Waals surface area contributed by atoms with Crippen LogP contribution in [0.1, 0.15) is 21.5 Å². The number of rotatable bonds is 5. The topological polar surface area (TPSA) is 38.3 Å². The van der Waals surface area contributed by atoms with Gasteiger partial charge >= 0.3 is 0 Å². The van der Waals surface area contributed by atoms with Crippen molar-refractivity contribution in [1.29, 1.82) is 0 Å². The highest BCUT2D eigenvalue weighted by atomic mass is 19.1. The summed E-state index contributed by atoms with van der Waals surface area (Å²) in [5, 5.41) is 2.79. The van der Waals surface area contributed by atoms with Crippen molar-refractivity contribution in [2.24, 2.45) is 0 Å². The first-order chi connectivity index (χ1) is 9.69. The van der Waals surface area contributed by atoms with Gasteiger partial charge in [-0.25, -0.2) is 4.39 Å². The number of benzene rings is 2. The molecule has 1 amide bonds. The van der Waals surface area contributed by atoms with E-state index in [1.54, 1.807) is 31.4 Å². The van der Waals surface area contributed by atoms with Crippen molar-refractivity contribution < 1.29 is 13.9 Å². The minimum Gasteiger partial charge on any atom is -0.380 e. The van der Waals surface area contributed by atoms with Crippen LogP contribution in [0.2, 0.25) is 0 Å². The first-order valence-electron chi connectivity index (χ1n) is 6.29. The Morgan fingerprint density at radius 1 is 1.05 bits per heavy atom. The highest BCUT2D eigenvalue weighted by Crippen LogP contribution is 2.07. The fourth-order valence-corrected chi connectivity index (χ4v) is 1.81. The summed E-state index contributed by atoms with van der Waals surface area (Å²) >= 11 is 0. The second kappa shape index (κ2) is 6.82. The van der Waals surface area contributed by atoms with Crippen molar-refractivity contribution in [3.8, 4) is 0 Å². The highest BCUT2D eigenvalue weighted by Gasteiger charge is 2.05. The lowest BCUT2D eigenvalue weighted by molar-refractivity contribution is 0.0951. The summed E-state index contributed by atoms with van der Waals surface area (Å²) in [7, 11) is 1.63. The van der Waals surface area contributed by atoms with Gasteiger partial charge < -0.3 is 10.1 Å². The van der Waals surface area contributed by atoms with Crippen molar-refractivity contribution in [2.45, 2.75) is 13.2 Å². The Balaban J connectivity index is 1.92. The van der Waals surface area contributed by atoms with E-state index in [9.17, 15) is 9.18 Å². The number of carbonyl (C=O) groups is 1. The van der Waals surface area contributed by atoms with Crippen molar-refractivity contribution in [3.05, 3.63) is 71.0 Å². The molecule has 20 heavy (non-hydrogen) atoms. The molecule has 2 aromatic carbocycles. The lowest BCUT2D eigenvalue weighted by atomic mass is 10.1. The van der Waals surface area contributed by atoms with Crippen LogP contribution in [0.3, 0.4) is 0 Å². The molecule has 0 bridgehead atoms. The molecule has 0 aromatic heterocycles. The predicted octanol–water partition coefficient (Wildman–Crippen LogP) is 2.90. The molecule has 0 spiro atoms. The van der Waals surface area contributed by atoms with Crippen molar-refractivity contribution in [3.63, 3.8) is 0 Å². The molecule has 104 valence electrons. The molecule has 0 radical (unpaired) electrons. The van der Waals surface area contributed by atoms with Crippen LogP contribution in [0.4, 0.5) is 4.39 Å². The van der Waals surface area contributed by atoms with Gasteiger partial charge in [-0.2, -0.15) is 0 Å². The average molecular weight is 273 g/mol. The Hall–Kier alpha value is -2.20. The first kappa shape index (κ1) is 14.2. The smallest absolute Gasteiger partial charge is 0.251 e. The van der Waals surface area contributed by atoms with Crippen LogP contribution in [0.15, 0.2) is 48.5 Å². The molecule has 0 saturated heterocycles. The maximum atomic E-state index is 12.8. The maximum Gasteiger partial charge on any atom is 0.251 e. The van der Waals surface area contributed by atoms with Crippen LogP contribution in [-0.2, 0) is 17.9 Å². The molecule has 0 heterocycles. The normalized spacial score (nSPS) is 10.3. The third-order valence-corrected chi connectivity index (χ3v) is 2.89. The number of nitrogens with one attached hydrogen (secondary N) is 1. The summed E-state index contributed by atoms with van der Waals surface area (Å²) in [5.74, 6) is -0.438. The molecule has 0 fully saturated rings. The van der Waals surface area contributed by atoms with E-state index in [4.69, 9.17) is 4.74 Å². The molecule has 0 unspecified atom stereocenters. The van der Waals surface area contributed by atoms with Crippen molar-refractivity contribution in [1.82, 2.24) is 5.32 Å². The van der Waals surface area contributed by atoms with Crippen LogP contribution in [0.25, 0.3) is 0 Å². The lowest BCUT2D eigenvalue weighted by Crippen LogP contribution is -2.22. The number of halogens is 1. The fourth-order valence-electron chi connectivity index (χ4n) is 1.81. The minimum absolute atomic E-state index is 0.154. The zero-order chi connectivity index (χ0) is 14.4. The van der Waals surface area contributed by atoms with Crippen LogP contribution in [0.5, 0.6) is 0 Å². The number of hydrogen-bond donors (Lipinski definition) is 1. The fraction of sp³-hybridized carbons (Fsp3) is 0.188. The van der Waals surface area contributed by atoms with Gasteiger partial charge in [0.1, 0.15) is 5.82 Å². The summed E-state index contributed by atoms with van der Waals surface area (Å²) in [6.45, 7) is 0.899. The molecule has 0 aliphatic rings. The lowest BCUT2D eigenvalue weighted by Gasteiger charge is -2.06. The van der Waals surface area contributed by atoms with Crippen molar-refractivity contribution >= 4 is 5.91 Å². The van der Waals surface area contributed by atoms with Gasteiger partial charge in [0, 0.05) is 19.2 Å². The quantitative estimate of drug-likeness (QED) is 0.909. The van der Waals surface area contributed by atoms with Crippen LogP contribution in [0, 0.1) is 5.82 Å². The number of hydrogen-bond acceptors (Lipinski definition) is 2. The third kappa shape index (κ3) is 3.90. The molecule has 4 heteroatoms. The van der Waals surface area contributed by atoms with E-state index in [1.807, 2.05) is 12.1 Å². The van der Waals surface area contributed by atoms with Gasteiger partial charge in [-0.1, -0.05) is 24.3 Å². The van der Waals surface area contributed by atoms with Gasteiger partial charge in [0.05, 0.1) is 6.61 Å². The number of ether oxygens (including phenoxy) is 1. The van der Waals surface area contributed by atoms with Crippen LogP contribution < -0.4 is 5.32 Å². The third-order valence-electron chi connectivity index (χ3n) is 2.89. The summed E-state index contributed by atoms with van der Waals surface area (Å²) in [4.78, 5) is 11.9. The van der Waals surface area contributed by atoms with E-state index >= 15 is 0 Å². The highest BCUT2D eigenvalue weighted by molar-refractivity contribution is 5.94. The second-order valence-corrected chi connectivity index (χ2v) is 4.44. The summed E-state index contributed by atoms with van der Waals surface area (Å²) in [6, 6.07) is 13.3. The molecule has 2 aromatic rings. The van der Waals surface area contributed by atoms with E-state index in [1.165, 1.54) is 12.1 Å². The standard InChI is InChI=1S/C16H16FNO2/c1-20-11-13-2-6-14(7-3-13)16(19)18-10-12-4-8-15(17)9-5-12/h2-9H,10-11H2,1H3,(H,18,19). The van der Waals surface area contributed by atoms with Gasteiger partial charge in [-0.05, 0) is 35.4 Å². The van der Waals surface area contributed by atoms with E-state index in [-0.39, 0.29) is 11.7 Å².